The summed E-state index contributed by atoms with van der Waals surface area (Å²) in [5.74, 6) is 0.792. The maximum absolute atomic E-state index is 13.2. The molecule has 0 bridgehead atoms. The first-order valence-electron chi connectivity index (χ1n) is 7.16. The van der Waals surface area contributed by atoms with E-state index in [1.165, 1.54) is 12.7 Å². The third-order valence-corrected chi connectivity index (χ3v) is 4.49. The number of methoxy groups -OCH3 is 1. The van der Waals surface area contributed by atoms with E-state index in [9.17, 15) is 9.18 Å². The minimum atomic E-state index is -0.666. The van der Waals surface area contributed by atoms with Gasteiger partial charge < -0.3 is 4.74 Å². The molecule has 0 unspecified atom stereocenters. The Kier molecular flexibility index (Phi) is 4.43. The second-order valence-electron chi connectivity index (χ2n) is 5.87. The van der Waals surface area contributed by atoms with Gasteiger partial charge in [-0.25, -0.2) is 9.18 Å². The number of alkyl halides is 1. The highest BCUT2D eigenvalue weighted by Gasteiger charge is 2.32. The number of esters is 1. The number of hydrogen-bond donors (Lipinski definition) is 0. The van der Waals surface area contributed by atoms with Gasteiger partial charge in [0.15, 0.2) is 0 Å². The molecule has 0 saturated heterocycles. The van der Waals surface area contributed by atoms with Crippen LogP contribution in [-0.4, -0.2) is 19.3 Å². The number of halogens is 1. The lowest BCUT2D eigenvalue weighted by Crippen LogP contribution is -2.27. The Morgan fingerprint density at radius 2 is 2.16 bits per heavy atom. The summed E-state index contributed by atoms with van der Waals surface area (Å²) in [7, 11) is 1.43. The zero-order valence-corrected chi connectivity index (χ0v) is 12.0. The maximum Gasteiger partial charge on any atom is 0.333 e. The van der Waals surface area contributed by atoms with Crippen LogP contribution in [-0.2, 0) is 9.53 Å². The zero-order valence-electron chi connectivity index (χ0n) is 12.0. The van der Waals surface area contributed by atoms with Gasteiger partial charge in [-0.2, -0.15) is 0 Å². The van der Waals surface area contributed by atoms with Crippen LogP contribution in [0.3, 0.4) is 0 Å². The van der Waals surface area contributed by atoms with E-state index >= 15 is 0 Å². The Bertz CT molecular complexity index is 411. The minimum absolute atomic E-state index is 0.209. The Morgan fingerprint density at radius 1 is 1.42 bits per heavy atom. The van der Waals surface area contributed by atoms with Gasteiger partial charge in [0.2, 0.25) is 0 Å². The molecule has 19 heavy (non-hydrogen) atoms. The van der Waals surface area contributed by atoms with E-state index in [-0.39, 0.29) is 11.9 Å². The molecule has 0 amide bonds. The molecule has 0 aromatic heterocycles. The molecule has 2 aliphatic rings. The molecule has 0 N–H and O–H groups in total. The minimum Gasteiger partial charge on any atom is -0.466 e. The van der Waals surface area contributed by atoms with Crippen LogP contribution in [0.15, 0.2) is 23.3 Å². The van der Waals surface area contributed by atoms with Crippen LogP contribution in [0, 0.1) is 17.8 Å². The fraction of sp³-hybridized carbons (Fsp3) is 0.688. The lowest BCUT2D eigenvalue weighted by molar-refractivity contribution is -0.136. The average Bonchev–Trinajstić information content (AvgIpc) is 2.41. The molecule has 0 aliphatic heterocycles. The third-order valence-electron chi connectivity index (χ3n) is 4.49. The first-order chi connectivity index (χ1) is 9.02. The van der Waals surface area contributed by atoms with Crippen LogP contribution in [0.25, 0.3) is 0 Å². The second-order valence-corrected chi connectivity index (χ2v) is 5.87. The quantitative estimate of drug-likeness (QED) is 0.561. The molecular formula is C16H23FO2. The summed E-state index contributed by atoms with van der Waals surface area (Å²) in [5, 5.41) is 0. The van der Waals surface area contributed by atoms with Crippen molar-refractivity contribution in [1.82, 2.24) is 0 Å². The number of ether oxygens (including phenoxy) is 1. The van der Waals surface area contributed by atoms with Crippen molar-refractivity contribution in [3.63, 3.8) is 0 Å². The molecule has 2 rings (SSSR count). The fourth-order valence-electron chi connectivity index (χ4n) is 3.32. The fourth-order valence-corrected chi connectivity index (χ4v) is 3.32. The third kappa shape index (κ3) is 3.07. The zero-order chi connectivity index (χ0) is 14.0. The van der Waals surface area contributed by atoms with Crippen molar-refractivity contribution in [1.29, 1.82) is 0 Å². The summed E-state index contributed by atoms with van der Waals surface area (Å²) in [6.45, 7) is 4.21. The average molecular weight is 266 g/mol. The van der Waals surface area contributed by atoms with Gasteiger partial charge in [0.1, 0.15) is 6.17 Å². The largest absolute Gasteiger partial charge is 0.466 e. The molecule has 0 saturated carbocycles. The van der Waals surface area contributed by atoms with Crippen molar-refractivity contribution in [2.45, 2.75) is 45.7 Å². The van der Waals surface area contributed by atoms with Gasteiger partial charge in [0, 0.05) is 5.57 Å². The van der Waals surface area contributed by atoms with Crippen molar-refractivity contribution in [3.05, 3.63) is 23.3 Å². The molecule has 0 radical (unpaired) electrons. The first-order valence-corrected chi connectivity index (χ1v) is 7.16. The molecule has 2 aliphatic carbocycles. The van der Waals surface area contributed by atoms with Crippen LogP contribution in [0.4, 0.5) is 4.39 Å². The molecule has 0 aromatic rings. The van der Waals surface area contributed by atoms with Gasteiger partial charge in [-0.3, -0.25) is 0 Å². The summed E-state index contributed by atoms with van der Waals surface area (Å²) >= 11 is 0. The lowest BCUT2D eigenvalue weighted by Gasteiger charge is -2.34. The standard InChI is InChI=1S/C16H23FO2/c1-10-9-15(16(18)19-3)11(2)8-14(10)12-4-6-13(17)7-5-12/h4,9-11,13-14H,5-8H2,1-3H3/t10-,11-,13-,14+/m0/s1. The number of hydrogen-bond acceptors (Lipinski definition) is 2. The Balaban J connectivity index is 2.14. The highest BCUT2D eigenvalue weighted by atomic mass is 19.1. The maximum atomic E-state index is 13.2. The number of carbonyl (C=O) groups is 1. The van der Waals surface area contributed by atoms with Crippen molar-refractivity contribution in [2.24, 2.45) is 17.8 Å². The van der Waals surface area contributed by atoms with E-state index in [1.54, 1.807) is 0 Å². The SMILES string of the molecule is COC(=O)C1=C[C@H](C)[C@H](C2=CC[C@H](F)CC2)C[C@@H]1C. The molecule has 0 spiro atoms. The van der Waals surface area contributed by atoms with E-state index in [1.807, 2.05) is 6.08 Å². The van der Waals surface area contributed by atoms with E-state index < -0.39 is 6.17 Å². The summed E-state index contributed by atoms with van der Waals surface area (Å²) in [4.78, 5) is 11.7. The molecule has 3 heteroatoms. The Hall–Kier alpha value is -1.12. The van der Waals surface area contributed by atoms with Crippen molar-refractivity contribution in [3.8, 4) is 0 Å². The van der Waals surface area contributed by atoms with Crippen LogP contribution in [0.2, 0.25) is 0 Å². The molecule has 0 heterocycles. The smallest absolute Gasteiger partial charge is 0.333 e. The van der Waals surface area contributed by atoms with E-state index in [2.05, 4.69) is 19.9 Å². The van der Waals surface area contributed by atoms with Gasteiger partial charge in [0.25, 0.3) is 0 Å². The van der Waals surface area contributed by atoms with Gasteiger partial charge in [-0.05, 0) is 43.4 Å². The Labute approximate surface area is 114 Å². The molecule has 0 aromatic carbocycles. The molecule has 106 valence electrons. The van der Waals surface area contributed by atoms with E-state index in [0.29, 0.717) is 24.7 Å². The van der Waals surface area contributed by atoms with Crippen LogP contribution in [0.1, 0.15) is 39.5 Å². The monoisotopic (exact) mass is 266 g/mol. The lowest BCUT2D eigenvalue weighted by atomic mass is 9.71. The molecule has 2 nitrogen and oxygen atoms in total. The van der Waals surface area contributed by atoms with Crippen molar-refractivity contribution in [2.75, 3.05) is 7.11 Å². The molecule has 4 atom stereocenters. The normalized spacial score (nSPS) is 35.4. The van der Waals surface area contributed by atoms with E-state index in [0.717, 1.165) is 18.4 Å². The predicted octanol–water partition coefficient (Wildman–Crippen LogP) is 3.83. The highest BCUT2D eigenvalue weighted by molar-refractivity contribution is 5.89. The molecule has 0 fully saturated rings. The van der Waals surface area contributed by atoms with Gasteiger partial charge >= 0.3 is 5.97 Å². The van der Waals surface area contributed by atoms with Gasteiger partial charge in [-0.1, -0.05) is 31.6 Å². The van der Waals surface area contributed by atoms with Crippen LogP contribution in [0.5, 0.6) is 0 Å². The van der Waals surface area contributed by atoms with Gasteiger partial charge in [-0.15, -0.1) is 0 Å². The number of rotatable bonds is 2. The van der Waals surface area contributed by atoms with Crippen LogP contribution >= 0.6 is 0 Å². The summed E-state index contributed by atoms with van der Waals surface area (Å²) in [5.41, 5.74) is 2.18. The number of allylic oxidation sites excluding steroid dienone is 3. The van der Waals surface area contributed by atoms with E-state index in [4.69, 9.17) is 4.74 Å². The topological polar surface area (TPSA) is 26.3 Å². The second kappa shape index (κ2) is 5.89. The summed E-state index contributed by atoms with van der Waals surface area (Å²) in [6, 6.07) is 0. The number of carbonyl (C=O) groups excluding carboxylic acids is 1. The molecular weight excluding hydrogens is 243 g/mol. The predicted molar refractivity (Wildman–Crippen MR) is 73.4 cm³/mol. The summed E-state index contributed by atoms with van der Waals surface area (Å²) in [6.07, 6.45) is 6.50. The Morgan fingerprint density at radius 3 is 2.74 bits per heavy atom. The van der Waals surface area contributed by atoms with Crippen LogP contribution < -0.4 is 0 Å². The first kappa shape index (κ1) is 14.3. The highest BCUT2D eigenvalue weighted by Crippen LogP contribution is 2.40. The van der Waals surface area contributed by atoms with Gasteiger partial charge in [0.05, 0.1) is 7.11 Å². The van der Waals surface area contributed by atoms with Crippen molar-refractivity contribution >= 4 is 5.97 Å². The van der Waals surface area contributed by atoms with Crippen molar-refractivity contribution < 1.29 is 13.9 Å². The summed E-state index contributed by atoms with van der Waals surface area (Å²) < 4.78 is 18.0.